The van der Waals surface area contributed by atoms with Crippen LogP contribution in [0.4, 0.5) is 14.5 Å². The van der Waals surface area contributed by atoms with Gasteiger partial charge in [-0.25, -0.2) is 8.78 Å². The molecule has 0 unspecified atom stereocenters. The highest BCUT2D eigenvalue weighted by molar-refractivity contribution is 9.10. The number of phenolic OH excluding ortho intramolecular Hbond substituents is 1. The highest BCUT2D eigenvalue weighted by Gasteiger charge is 2.18. The lowest BCUT2D eigenvalue weighted by Crippen LogP contribution is -2.15. The highest BCUT2D eigenvalue weighted by Crippen LogP contribution is 2.27. The van der Waals surface area contributed by atoms with Crippen LogP contribution in [0.1, 0.15) is 10.4 Å². The number of halogens is 4. The van der Waals surface area contributed by atoms with Crippen LogP contribution in [0.15, 0.2) is 34.8 Å². The third kappa shape index (κ3) is 3.08. The molecule has 0 heterocycles. The Hall–Kier alpha value is -1.66. The molecule has 7 heteroatoms. The minimum absolute atomic E-state index is 0.0135. The summed E-state index contributed by atoms with van der Waals surface area (Å²) in [6.45, 7) is 0. The van der Waals surface area contributed by atoms with Crippen LogP contribution in [-0.4, -0.2) is 11.0 Å². The second-order valence-electron chi connectivity index (χ2n) is 3.86. The van der Waals surface area contributed by atoms with Gasteiger partial charge in [0.05, 0.1) is 5.02 Å². The van der Waals surface area contributed by atoms with Crippen LogP contribution in [-0.2, 0) is 0 Å². The zero-order valence-electron chi connectivity index (χ0n) is 9.75. The molecule has 0 fully saturated rings. The number of hydrogen-bond donors (Lipinski definition) is 2. The van der Waals surface area contributed by atoms with Crippen LogP contribution < -0.4 is 5.32 Å². The predicted octanol–water partition coefficient (Wildman–Crippen LogP) is 4.34. The molecule has 3 nitrogen and oxygen atoms in total. The molecule has 2 rings (SSSR count). The number of aromatic hydroxyl groups is 1. The van der Waals surface area contributed by atoms with Crippen LogP contribution in [0.5, 0.6) is 5.75 Å². The van der Waals surface area contributed by atoms with Crippen molar-refractivity contribution in [1.29, 1.82) is 0 Å². The Morgan fingerprint density at radius 3 is 2.35 bits per heavy atom. The fourth-order valence-electron chi connectivity index (χ4n) is 1.54. The van der Waals surface area contributed by atoms with E-state index in [0.29, 0.717) is 0 Å². The van der Waals surface area contributed by atoms with Gasteiger partial charge in [-0.2, -0.15) is 0 Å². The van der Waals surface area contributed by atoms with Crippen molar-refractivity contribution in [2.45, 2.75) is 0 Å². The molecule has 2 aromatic rings. The van der Waals surface area contributed by atoms with Gasteiger partial charge < -0.3 is 10.4 Å². The minimum Gasteiger partial charge on any atom is -0.506 e. The summed E-state index contributed by atoms with van der Waals surface area (Å²) in [5.41, 5.74) is -0.489. The Morgan fingerprint density at radius 2 is 1.80 bits per heavy atom. The van der Waals surface area contributed by atoms with Gasteiger partial charge in [0.2, 0.25) is 0 Å². The van der Waals surface area contributed by atoms with Gasteiger partial charge in [-0.1, -0.05) is 27.5 Å². The zero-order chi connectivity index (χ0) is 14.9. The Bertz CT molecular complexity index is 671. The molecule has 2 aromatic carbocycles. The molecule has 0 saturated heterocycles. The van der Waals surface area contributed by atoms with Crippen LogP contribution in [0.3, 0.4) is 0 Å². The number of hydrogen-bond acceptors (Lipinski definition) is 2. The van der Waals surface area contributed by atoms with Gasteiger partial charge in [0.15, 0.2) is 0 Å². The van der Waals surface area contributed by atoms with E-state index in [9.17, 15) is 18.7 Å². The first kappa shape index (κ1) is 14.7. The predicted molar refractivity (Wildman–Crippen MR) is 75.1 cm³/mol. The van der Waals surface area contributed by atoms with E-state index in [-0.39, 0.29) is 20.9 Å². The van der Waals surface area contributed by atoms with Crippen molar-refractivity contribution in [3.8, 4) is 5.75 Å². The van der Waals surface area contributed by atoms with E-state index in [0.717, 1.165) is 12.1 Å². The monoisotopic (exact) mass is 361 g/mol. The molecule has 0 saturated carbocycles. The lowest BCUT2D eigenvalue weighted by molar-refractivity contribution is 0.101. The van der Waals surface area contributed by atoms with E-state index in [1.54, 1.807) is 0 Å². The van der Waals surface area contributed by atoms with Gasteiger partial charge in [-0.15, -0.1) is 0 Å². The van der Waals surface area contributed by atoms with E-state index in [2.05, 4.69) is 21.2 Å². The molecule has 20 heavy (non-hydrogen) atoms. The first-order chi connectivity index (χ1) is 9.38. The molecule has 0 aliphatic rings. The van der Waals surface area contributed by atoms with E-state index in [1.165, 1.54) is 18.2 Å². The number of amides is 1. The summed E-state index contributed by atoms with van der Waals surface area (Å²) in [5.74, 6) is -3.08. The zero-order valence-corrected chi connectivity index (χ0v) is 12.1. The first-order valence-electron chi connectivity index (χ1n) is 5.33. The van der Waals surface area contributed by atoms with Crippen molar-refractivity contribution in [2.75, 3.05) is 5.32 Å². The number of rotatable bonds is 2. The second kappa shape index (κ2) is 5.76. The highest BCUT2D eigenvalue weighted by atomic mass is 79.9. The fourth-order valence-corrected chi connectivity index (χ4v) is 2.12. The SMILES string of the molecule is O=C(Nc1ccc(O)c(Cl)c1)c1c(F)cc(Br)cc1F. The van der Waals surface area contributed by atoms with Crippen molar-refractivity contribution >= 4 is 39.1 Å². The molecule has 0 aromatic heterocycles. The van der Waals surface area contributed by atoms with Gasteiger partial charge in [0, 0.05) is 10.2 Å². The summed E-state index contributed by atoms with van der Waals surface area (Å²) in [5, 5.41) is 11.6. The molecule has 0 atom stereocenters. The minimum atomic E-state index is -0.987. The van der Waals surface area contributed by atoms with Crippen LogP contribution >= 0.6 is 27.5 Å². The Kier molecular flexibility index (Phi) is 4.25. The van der Waals surface area contributed by atoms with Gasteiger partial charge in [-0.05, 0) is 30.3 Å². The Labute approximate surface area is 126 Å². The van der Waals surface area contributed by atoms with Gasteiger partial charge in [0.25, 0.3) is 5.91 Å². The van der Waals surface area contributed by atoms with Gasteiger partial charge in [-0.3, -0.25) is 4.79 Å². The summed E-state index contributed by atoms with van der Waals surface area (Å²) in [7, 11) is 0. The summed E-state index contributed by atoms with van der Waals surface area (Å²) in [6, 6.07) is 5.85. The smallest absolute Gasteiger partial charge is 0.261 e. The van der Waals surface area contributed by atoms with E-state index in [1.807, 2.05) is 0 Å². The lowest BCUT2D eigenvalue weighted by Gasteiger charge is -2.08. The van der Waals surface area contributed by atoms with E-state index < -0.39 is 23.1 Å². The normalized spacial score (nSPS) is 10.4. The van der Waals surface area contributed by atoms with Crippen LogP contribution in [0.25, 0.3) is 0 Å². The Morgan fingerprint density at radius 1 is 1.20 bits per heavy atom. The second-order valence-corrected chi connectivity index (χ2v) is 5.19. The van der Waals surface area contributed by atoms with Crippen molar-refractivity contribution in [1.82, 2.24) is 0 Å². The molecular formula is C13H7BrClF2NO2. The Balaban J connectivity index is 2.31. The largest absolute Gasteiger partial charge is 0.506 e. The third-order valence-electron chi connectivity index (χ3n) is 2.44. The quantitative estimate of drug-likeness (QED) is 0.781. The molecule has 0 spiro atoms. The molecule has 1 amide bonds. The number of carbonyl (C=O) groups excluding carboxylic acids is 1. The molecule has 0 aliphatic carbocycles. The molecule has 104 valence electrons. The summed E-state index contributed by atoms with van der Waals surface area (Å²) < 4.78 is 27.4. The molecular weight excluding hydrogens is 356 g/mol. The van der Waals surface area contributed by atoms with Crippen molar-refractivity contribution in [3.05, 3.63) is 57.0 Å². The number of nitrogens with one attached hydrogen (secondary N) is 1. The van der Waals surface area contributed by atoms with Crippen molar-refractivity contribution in [3.63, 3.8) is 0 Å². The third-order valence-corrected chi connectivity index (χ3v) is 3.20. The number of carbonyl (C=O) groups is 1. The molecule has 0 radical (unpaired) electrons. The molecule has 2 N–H and O–H groups in total. The summed E-state index contributed by atoms with van der Waals surface area (Å²) >= 11 is 8.59. The first-order valence-corrected chi connectivity index (χ1v) is 6.50. The van der Waals surface area contributed by atoms with Crippen LogP contribution in [0, 0.1) is 11.6 Å². The summed E-state index contributed by atoms with van der Waals surface area (Å²) in [6.07, 6.45) is 0. The average Bonchev–Trinajstić information content (AvgIpc) is 2.32. The maximum atomic E-state index is 13.6. The average molecular weight is 363 g/mol. The van der Waals surface area contributed by atoms with E-state index in [4.69, 9.17) is 11.6 Å². The van der Waals surface area contributed by atoms with Crippen molar-refractivity contribution in [2.24, 2.45) is 0 Å². The van der Waals surface area contributed by atoms with Crippen molar-refractivity contribution < 1.29 is 18.7 Å². The van der Waals surface area contributed by atoms with Crippen LogP contribution in [0.2, 0.25) is 5.02 Å². The fraction of sp³-hybridized carbons (Fsp3) is 0. The van der Waals surface area contributed by atoms with Gasteiger partial charge >= 0.3 is 0 Å². The molecule has 0 bridgehead atoms. The molecule has 0 aliphatic heterocycles. The van der Waals surface area contributed by atoms with Gasteiger partial charge in [0.1, 0.15) is 22.9 Å². The number of phenols is 1. The maximum absolute atomic E-state index is 13.6. The standard InChI is InChI=1S/C13H7BrClF2NO2/c14-6-3-9(16)12(10(17)4-6)13(20)18-7-1-2-11(19)8(15)5-7/h1-5,19H,(H,18,20). The maximum Gasteiger partial charge on any atom is 0.261 e. The number of anilines is 1. The lowest BCUT2D eigenvalue weighted by atomic mass is 10.1. The van der Waals surface area contributed by atoms with E-state index >= 15 is 0 Å². The topological polar surface area (TPSA) is 49.3 Å². The number of benzene rings is 2. The summed E-state index contributed by atoms with van der Waals surface area (Å²) in [4.78, 5) is 11.9.